The van der Waals surface area contributed by atoms with E-state index < -0.39 is 0 Å². The maximum Gasteiger partial charge on any atom is 0.0635 e. The van der Waals surface area contributed by atoms with Gasteiger partial charge in [-0.15, -0.1) is 0 Å². The molecule has 2 atom stereocenters. The third kappa shape index (κ3) is 4.47. The summed E-state index contributed by atoms with van der Waals surface area (Å²) < 4.78 is 0. The van der Waals surface area contributed by atoms with Gasteiger partial charge in [-0.2, -0.15) is 10.5 Å². The number of rotatable bonds is 7. The van der Waals surface area contributed by atoms with E-state index in [0.717, 1.165) is 26.1 Å². The van der Waals surface area contributed by atoms with Crippen LogP contribution < -0.4 is 10.6 Å². The van der Waals surface area contributed by atoms with Crippen LogP contribution in [0.2, 0.25) is 0 Å². The van der Waals surface area contributed by atoms with Crippen LogP contribution in [0.25, 0.3) is 0 Å². The van der Waals surface area contributed by atoms with E-state index in [-0.39, 0.29) is 5.41 Å². The molecule has 0 aromatic carbocycles. The van der Waals surface area contributed by atoms with Crippen LogP contribution in [0.4, 0.5) is 0 Å². The Labute approximate surface area is 123 Å². The van der Waals surface area contributed by atoms with Crippen molar-refractivity contribution < 1.29 is 0 Å². The standard InChI is InChI=1S/C16H28N4/c1-15(2)7-6-14(20-11-5-9-18)12-16(15,3)13-19-10-4-8-17/h14,19-20H,4-7,10-13H2,1-3H3. The first-order valence-corrected chi connectivity index (χ1v) is 7.63. The summed E-state index contributed by atoms with van der Waals surface area (Å²) in [5.74, 6) is 0. The lowest BCUT2D eigenvalue weighted by molar-refractivity contribution is 0.0169. The van der Waals surface area contributed by atoms with Crippen LogP contribution >= 0.6 is 0 Å². The van der Waals surface area contributed by atoms with E-state index in [1.165, 1.54) is 12.8 Å². The van der Waals surface area contributed by atoms with Crippen molar-refractivity contribution in [2.24, 2.45) is 10.8 Å². The molecule has 20 heavy (non-hydrogen) atoms. The van der Waals surface area contributed by atoms with Gasteiger partial charge in [0.25, 0.3) is 0 Å². The number of nitrogens with zero attached hydrogens (tertiary/aromatic N) is 2. The molecule has 1 aliphatic carbocycles. The fraction of sp³-hybridized carbons (Fsp3) is 0.875. The average molecular weight is 276 g/mol. The molecule has 0 aromatic rings. The molecule has 0 aliphatic heterocycles. The molecule has 0 heterocycles. The summed E-state index contributed by atoms with van der Waals surface area (Å²) >= 11 is 0. The topological polar surface area (TPSA) is 71.6 Å². The van der Waals surface area contributed by atoms with Gasteiger partial charge in [-0.3, -0.25) is 0 Å². The van der Waals surface area contributed by atoms with E-state index in [4.69, 9.17) is 10.5 Å². The smallest absolute Gasteiger partial charge is 0.0635 e. The van der Waals surface area contributed by atoms with Gasteiger partial charge >= 0.3 is 0 Å². The van der Waals surface area contributed by atoms with E-state index in [0.29, 0.717) is 24.3 Å². The van der Waals surface area contributed by atoms with E-state index in [1.807, 2.05) is 0 Å². The van der Waals surface area contributed by atoms with Gasteiger partial charge in [0.05, 0.1) is 12.1 Å². The highest BCUT2D eigenvalue weighted by molar-refractivity contribution is 4.99. The molecule has 1 aliphatic rings. The van der Waals surface area contributed by atoms with Crippen LogP contribution in [0.15, 0.2) is 0 Å². The van der Waals surface area contributed by atoms with Crippen molar-refractivity contribution in [1.82, 2.24) is 10.6 Å². The van der Waals surface area contributed by atoms with Gasteiger partial charge in [0.1, 0.15) is 0 Å². The molecule has 0 aromatic heterocycles. The maximum atomic E-state index is 8.62. The number of nitrogens with one attached hydrogen (secondary N) is 2. The molecule has 0 radical (unpaired) electrons. The van der Waals surface area contributed by atoms with E-state index in [9.17, 15) is 0 Å². The second-order valence-corrected chi connectivity index (χ2v) is 6.83. The maximum absolute atomic E-state index is 8.62. The minimum Gasteiger partial charge on any atom is -0.315 e. The largest absolute Gasteiger partial charge is 0.315 e. The first kappa shape index (κ1) is 17.0. The van der Waals surface area contributed by atoms with Crippen LogP contribution in [0, 0.1) is 33.5 Å². The van der Waals surface area contributed by atoms with Crippen molar-refractivity contribution >= 4 is 0 Å². The van der Waals surface area contributed by atoms with E-state index in [2.05, 4.69) is 43.5 Å². The molecule has 4 nitrogen and oxygen atoms in total. The number of hydrogen-bond acceptors (Lipinski definition) is 4. The van der Waals surface area contributed by atoms with Crippen molar-refractivity contribution in [1.29, 1.82) is 10.5 Å². The SMILES string of the molecule is CC1(C)CCC(NCCC#N)CC1(C)CNCCC#N. The Morgan fingerprint density at radius 2 is 1.75 bits per heavy atom. The first-order valence-electron chi connectivity index (χ1n) is 7.63. The predicted molar refractivity (Wildman–Crippen MR) is 80.9 cm³/mol. The first-order chi connectivity index (χ1) is 9.45. The molecule has 1 fully saturated rings. The van der Waals surface area contributed by atoms with E-state index >= 15 is 0 Å². The fourth-order valence-electron chi connectivity index (χ4n) is 3.09. The highest BCUT2D eigenvalue weighted by atomic mass is 14.9. The van der Waals surface area contributed by atoms with Crippen molar-refractivity contribution in [2.45, 2.75) is 58.9 Å². The molecule has 0 bridgehead atoms. The van der Waals surface area contributed by atoms with Crippen LogP contribution in [-0.2, 0) is 0 Å². The molecule has 0 amide bonds. The summed E-state index contributed by atoms with van der Waals surface area (Å²) in [6.45, 7) is 9.58. The Morgan fingerprint density at radius 1 is 1.10 bits per heavy atom. The minimum atomic E-state index is 0.227. The van der Waals surface area contributed by atoms with Crippen LogP contribution in [0.3, 0.4) is 0 Å². The van der Waals surface area contributed by atoms with Gasteiger partial charge in [-0.1, -0.05) is 20.8 Å². The molecule has 1 saturated carbocycles. The molecular formula is C16H28N4. The van der Waals surface area contributed by atoms with Crippen LogP contribution in [-0.4, -0.2) is 25.7 Å². The molecule has 0 saturated heterocycles. The lowest BCUT2D eigenvalue weighted by Crippen LogP contribution is -2.52. The molecular weight excluding hydrogens is 248 g/mol. The monoisotopic (exact) mass is 276 g/mol. The second-order valence-electron chi connectivity index (χ2n) is 6.83. The Morgan fingerprint density at radius 3 is 2.40 bits per heavy atom. The lowest BCUT2D eigenvalue weighted by Gasteiger charge is -2.51. The van der Waals surface area contributed by atoms with Crippen molar-refractivity contribution in [3.8, 4) is 12.1 Å². The van der Waals surface area contributed by atoms with Crippen molar-refractivity contribution in [3.63, 3.8) is 0 Å². The van der Waals surface area contributed by atoms with Crippen LogP contribution in [0.5, 0.6) is 0 Å². The van der Waals surface area contributed by atoms with Gasteiger partial charge in [-0.05, 0) is 30.1 Å². The van der Waals surface area contributed by atoms with Crippen molar-refractivity contribution in [2.75, 3.05) is 19.6 Å². The van der Waals surface area contributed by atoms with Gasteiger partial charge < -0.3 is 10.6 Å². The molecule has 2 unspecified atom stereocenters. The number of nitriles is 2. The van der Waals surface area contributed by atoms with E-state index in [1.54, 1.807) is 0 Å². The molecule has 1 rings (SSSR count). The zero-order chi connectivity index (χ0) is 15.1. The average Bonchev–Trinajstić information content (AvgIpc) is 2.40. The highest BCUT2D eigenvalue weighted by Gasteiger charge is 2.45. The second kappa shape index (κ2) is 7.62. The third-order valence-electron chi connectivity index (χ3n) is 5.05. The lowest BCUT2D eigenvalue weighted by atomic mass is 9.57. The minimum absolute atomic E-state index is 0.227. The number of hydrogen-bond donors (Lipinski definition) is 2. The highest BCUT2D eigenvalue weighted by Crippen LogP contribution is 2.49. The Hall–Kier alpha value is -1.10. The summed E-state index contributed by atoms with van der Waals surface area (Å²) in [6.07, 6.45) is 4.67. The fourth-order valence-corrected chi connectivity index (χ4v) is 3.09. The summed E-state index contributed by atoms with van der Waals surface area (Å²) in [5.41, 5.74) is 0.533. The summed E-state index contributed by atoms with van der Waals surface area (Å²) in [5, 5.41) is 24.2. The summed E-state index contributed by atoms with van der Waals surface area (Å²) in [7, 11) is 0. The zero-order valence-electron chi connectivity index (χ0n) is 13.1. The van der Waals surface area contributed by atoms with Crippen molar-refractivity contribution in [3.05, 3.63) is 0 Å². The van der Waals surface area contributed by atoms with Gasteiger partial charge in [0, 0.05) is 38.5 Å². The summed E-state index contributed by atoms with van der Waals surface area (Å²) in [4.78, 5) is 0. The Kier molecular flexibility index (Phi) is 6.46. The normalized spacial score (nSPS) is 28.6. The van der Waals surface area contributed by atoms with Gasteiger partial charge in [-0.25, -0.2) is 0 Å². The quantitative estimate of drug-likeness (QED) is 0.701. The zero-order valence-corrected chi connectivity index (χ0v) is 13.1. The van der Waals surface area contributed by atoms with Crippen LogP contribution in [0.1, 0.15) is 52.9 Å². The summed E-state index contributed by atoms with van der Waals surface area (Å²) in [6, 6.07) is 4.88. The molecule has 2 N–H and O–H groups in total. The Bertz CT molecular complexity index is 377. The molecule has 112 valence electrons. The van der Waals surface area contributed by atoms with Gasteiger partial charge in [0.2, 0.25) is 0 Å². The van der Waals surface area contributed by atoms with Gasteiger partial charge in [0.15, 0.2) is 0 Å². The Balaban J connectivity index is 2.54. The third-order valence-corrected chi connectivity index (χ3v) is 5.05. The molecule has 0 spiro atoms. The molecule has 4 heteroatoms. The predicted octanol–water partition coefficient (Wildman–Crippen LogP) is 2.58.